The number of rotatable bonds is 5. The summed E-state index contributed by atoms with van der Waals surface area (Å²) in [5.74, 6) is -1.15. The average molecular weight is 340 g/mol. The summed E-state index contributed by atoms with van der Waals surface area (Å²) in [5.41, 5.74) is 2.03. The van der Waals surface area contributed by atoms with Crippen molar-refractivity contribution in [2.75, 3.05) is 6.61 Å². The standard InChI is InChI=1S/C13H12N2O2.C4H8O2.Na.H/c16-13(17)6-5-11-1-3-12(4-2-11)9-15-8-7-14-10-15;1-3-6-4(2)5;;/h1-8,10H,9H2,(H,16,17);3H2,1-2H3;;/b6-5+;;;. The fourth-order valence-electron chi connectivity index (χ4n) is 1.70. The van der Waals surface area contributed by atoms with Crippen LogP contribution < -0.4 is 0 Å². The van der Waals surface area contributed by atoms with E-state index in [1.807, 2.05) is 35.0 Å². The number of aromatic nitrogens is 2. The van der Waals surface area contributed by atoms with E-state index in [-0.39, 0.29) is 35.5 Å². The second-order valence-electron chi connectivity index (χ2n) is 4.57. The minimum atomic E-state index is -0.938. The number of ether oxygens (including phenoxy) is 1. The van der Waals surface area contributed by atoms with Crippen LogP contribution >= 0.6 is 0 Å². The monoisotopic (exact) mass is 340 g/mol. The van der Waals surface area contributed by atoms with Gasteiger partial charge in [-0.2, -0.15) is 0 Å². The molecule has 0 unspecified atom stereocenters. The molecule has 0 bridgehead atoms. The maximum absolute atomic E-state index is 10.4. The zero-order valence-electron chi connectivity index (χ0n) is 13.2. The van der Waals surface area contributed by atoms with Gasteiger partial charge in [0.05, 0.1) is 12.9 Å². The zero-order chi connectivity index (χ0) is 17.1. The molecule has 0 radical (unpaired) electrons. The third-order valence-corrected chi connectivity index (χ3v) is 2.67. The van der Waals surface area contributed by atoms with Gasteiger partial charge in [0.1, 0.15) is 0 Å². The second kappa shape index (κ2) is 12.5. The van der Waals surface area contributed by atoms with E-state index in [1.54, 1.807) is 25.5 Å². The van der Waals surface area contributed by atoms with E-state index in [1.165, 1.54) is 6.92 Å². The molecule has 0 aliphatic carbocycles. The molecular formula is C17H21N2NaO4. The first-order chi connectivity index (χ1) is 11.0. The van der Waals surface area contributed by atoms with Gasteiger partial charge in [-0.15, -0.1) is 0 Å². The van der Waals surface area contributed by atoms with Crippen molar-refractivity contribution in [2.45, 2.75) is 20.4 Å². The Morgan fingerprint density at radius 3 is 2.38 bits per heavy atom. The summed E-state index contributed by atoms with van der Waals surface area (Å²) in [4.78, 5) is 24.1. The Morgan fingerprint density at radius 1 is 1.29 bits per heavy atom. The van der Waals surface area contributed by atoms with Gasteiger partial charge in [-0.3, -0.25) is 4.79 Å². The van der Waals surface area contributed by atoms with E-state index >= 15 is 0 Å². The molecule has 0 atom stereocenters. The summed E-state index contributed by atoms with van der Waals surface area (Å²) >= 11 is 0. The van der Waals surface area contributed by atoms with Gasteiger partial charge >= 0.3 is 41.5 Å². The topological polar surface area (TPSA) is 81.4 Å². The molecule has 0 saturated carbocycles. The van der Waals surface area contributed by atoms with E-state index in [0.717, 1.165) is 23.7 Å². The fraction of sp³-hybridized carbons (Fsp3) is 0.235. The van der Waals surface area contributed by atoms with Crippen LogP contribution in [0.1, 0.15) is 25.0 Å². The van der Waals surface area contributed by atoms with E-state index < -0.39 is 5.97 Å². The number of esters is 1. The number of carbonyl (C=O) groups is 2. The molecule has 2 aromatic rings. The van der Waals surface area contributed by atoms with Crippen LogP contribution in [0.5, 0.6) is 0 Å². The normalized spacial score (nSPS) is 9.58. The zero-order valence-corrected chi connectivity index (χ0v) is 13.2. The van der Waals surface area contributed by atoms with Crippen LogP contribution in [0.15, 0.2) is 49.1 Å². The van der Waals surface area contributed by atoms with Gasteiger partial charge < -0.3 is 14.4 Å². The molecule has 124 valence electrons. The Kier molecular flexibility index (Phi) is 11.5. The van der Waals surface area contributed by atoms with Crippen molar-refractivity contribution in [2.24, 2.45) is 0 Å². The number of hydrogen-bond donors (Lipinski definition) is 1. The van der Waals surface area contributed by atoms with Gasteiger partial charge in [-0.25, -0.2) is 9.78 Å². The fourth-order valence-corrected chi connectivity index (χ4v) is 1.70. The summed E-state index contributed by atoms with van der Waals surface area (Å²) in [6, 6.07) is 7.74. The molecule has 0 amide bonds. The van der Waals surface area contributed by atoms with Gasteiger partial charge in [0.2, 0.25) is 0 Å². The van der Waals surface area contributed by atoms with Crippen LogP contribution in [0.25, 0.3) is 6.08 Å². The SMILES string of the molecule is CCOC(C)=O.O=C(O)/C=C/c1ccc(Cn2ccnc2)cc1.[NaH]. The van der Waals surface area contributed by atoms with Crippen molar-refractivity contribution in [3.05, 3.63) is 60.2 Å². The number of carboxylic acids is 1. The van der Waals surface area contributed by atoms with E-state index in [2.05, 4.69) is 9.72 Å². The number of benzene rings is 1. The van der Waals surface area contributed by atoms with Crippen molar-refractivity contribution >= 4 is 47.6 Å². The number of nitrogens with zero attached hydrogens (tertiary/aromatic N) is 2. The Morgan fingerprint density at radius 2 is 1.96 bits per heavy atom. The molecule has 1 aromatic heterocycles. The van der Waals surface area contributed by atoms with E-state index in [4.69, 9.17) is 5.11 Å². The Bertz CT molecular complexity index is 637. The van der Waals surface area contributed by atoms with Gasteiger partial charge in [0, 0.05) is 31.9 Å². The molecule has 24 heavy (non-hydrogen) atoms. The molecule has 6 nitrogen and oxygen atoms in total. The van der Waals surface area contributed by atoms with Crippen LogP contribution in [0, 0.1) is 0 Å². The molecule has 7 heteroatoms. The average Bonchev–Trinajstić information content (AvgIpc) is 3.00. The third-order valence-electron chi connectivity index (χ3n) is 2.67. The Labute approximate surface area is 163 Å². The Hall–Kier alpha value is -1.89. The van der Waals surface area contributed by atoms with Crippen molar-refractivity contribution in [1.29, 1.82) is 0 Å². The maximum atomic E-state index is 10.4. The first-order valence-electron chi connectivity index (χ1n) is 7.10. The minimum absolute atomic E-state index is 0. The number of carbonyl (C=O) groups excluding carboxylic acids is 1. The predicted molar refractivity (Wildman–Crippen MR) is 93.9 cm³/mol. The first kappa shape index (κ1) is 22.1. The third kappa shape index (κ3) is 9.99. The molecule has 0 aliphatic rings. The predicted octanol–water partition coefficient (Wildman–Crippen LogP) is 1.95. The molecule has 0 saturated heterocycles. The number of carboxylic acid groups (broad SMARTS) is 1. The number of hydrogen-bond acceptors (Lipinski definition) is 4. The van der Waals surface area contributed by atoms with Gasteiger partial charge in [0.15, 0.2) is 0 Å². The van der Waals surface area contributed by atoms with Crippen molar-refractivity contribution in [3.63, 3.8) is 0 Å². The molecule has 1 N–H and O–H groups in total. The summed E-state index contributed by atoms with van der Waals surface area (Å²) in [7, 11) is 0. The molecule has 1 heterocycles. The van der Waals surface area contributed by atoms with Crippen LogP contribution in [-0.4, -0.2) is 62.8 Å². The summed E-state index contributed by atoms with van der Waals surface area (Å²) in [6.07, 6.45) is 8.11. The number of imidazole rings is 1. The quantitative estimate of drug-likeness (QED) is 0.511. The molecule has 0 spiro atoms. The Balaban J connectivity index is 0.000000655. The number of aliphatic carboxylic acids is 1. The van der Waals surface area contributed by atoms with Crippen molar-refractivity contribution in [1.82, 2.24) is 9.55 Å². The van der Waals surface area contributed by atoms with Crippen LogP contribution in [0.2, 0.25) is 0 Å². The van der Waals surface area contributed by atoms with Crippen LogP contribution in [0.4, 0.5) is 0 Å². The van der Waals surface area contributed by atoms with Gasteiger partial charge in [0.25, 0.3) is 0 Å². The second-order valence-corrected chi connectivity index (χ2v) is 4.57. The van der Waals surface area contributed by atoms with Crippen LogP contribution in [-0.2, 0) is 20.9 Å². The van der Waals surface area contributed by atoms with E-state index in [0.29, 0.717) is 6.61 Å². The summed E-state index contributed by atoms with van der Waals surface area (Å²) in [5, 5.41) is 8.50. The molecule has 1 aromatic carbocycles. The molecular weight excluding hydrogens is 319 g/mol. The van der Waals surface area contributed by atoms with E-state index in [9.17, 15) is 9.59 Å². The van der Waals surface area contributed by atoms with Crippen molar-refractivity contribution in [3.8, 4) is 0 Å². The summed E-state index contributed by atoms with van der Waals surface area (Å²) in [6.45, 7) is 4.42. The first-order valence-corrected chi connectivity index (χ1v) is 7.10. The van der Waals surface area contributed by atoms with Gasteiger partial charge in [-0.1, -0.05) is 24.3 Å². The molecule has 0 aliphatic heterocycles. The summed E-state index contributed by atoms with van der Waals surface area (Å²) < 4.78 is 6.38. The van der Waals surface area contributed by atoms with Gasteiger partial charge in [-0.05, 0) is 24.1 Å². The van der Waals surface area contributed by atoms with Crippen LogP contribution in [0.3, 0.4) is 0 Å². The molecule has 0 fully saturated rings. The molecule has 2 rings (SSSR count). The van der Waals surface area contributed by atoms with Crippen molar-refractivity contribution < 1.29 is 19.4 Å².